The van der Waals surface area contributed by atoms with Crippen LogP contribution in [0.3, 0.4) is 0 Å². The first kappa shape index (κ1) is 45.6. The molecule has 2 aromatic carbocycles. The molecule has 2 aliphatic carbocycles. The number of aromatic nitrogens is 4. The van der Waals surface area contributed by atoms with Gasteiger partial charge in [-0.1, -0.05) is 35.9 Å². The van der Waals surface area contributed by atoms with Crippen LogP contribution in [0.15, 0.2) is 96.0 Å². The Labute approximate surface area is 381 Å². The summed E-state index contributed by atoms with van der Waals surface area (Å²) < 4.78 is 84.8. The highest BCUT2D eigenvalue weighted by molar-refractivity contribution is 7.13. The van der Waals surface area contributed by atoms with Gasteiger partial charge in [0.05, 0.1) is 33.6 Å². The van der Waals surface area contributed by atoms with Gasteiger partial charge in [-0.05, 0) is 98.9 Å². The van der Waals surface area contributed by atoms with Crippen molar-refractivity contribution < 1.29 is 51.2 Å². The van der Waals surface area contributed by atoms with Crippen LogP contribution in [0.4, 0.5) is 43.9 Å². The van der Waals surface area contributed by atoms with Crippen LogP contribution in [0, 0.1) is 34.3 Å². The monoisotopic (exact) mass is 954 g/mol. The smallest absolute Gasteiger partial charge is 0.419 e. The second kappa shape index (κ2) is 18.9. The quantitative estimate of drug-likeness (QED) is 0.0720. The topological polar surface area (TPSA) is 169 Å². The van der Waals surface area contributed by atoms with Crippen molar-refractivity contribution in [2.45, 2.75) is 69.8 Å². The highest BCUT2D eigenvalue weighted by atomic mass is 35.5. The van der Waals surface area contributed by atoms with E-state index in [1.807, 2.05) is 0 Å². The third-order valence-electron chi connectivity index (χ3n) is 12.3. The van der Waals surface area contributed by atoms with Crippen molar-refractivity contribution >= 4 is 68.1 Å². The third-order valence-corrected chi connectivity index (χ3v) is 14.0. The van der Waals surface area contributed by atoms with Crippen LogP contribution >= 0.6 is 34.3 Å². The van der Waals surface area contributed by atoms with E-state index in [1.165, 1.54) is 40.9 Å². The molecule has 4 heterocycles. The largest absolute Gasteiger partial charge is 0.487 e. The molecule has 4 N–H and O–H groups in total. The summed E-state index contributed by atoms with van der Waals surface area (Å²) in [7, 11) is 0. The molecule has 6 aromatic rings. The summed E-state index contributed by atoms with van der Waals surface area (Å²) in [4.78, 5) is 46.3. The summed E-state index contributed by atoms with van der Waals surface area (Å²) in [5.74, 6) is -7.36. The minimum Gasteiger partial charge on any atom is -0.487 e. The van der Waals surface area contributed by atoms with Crippen LogP contribution < -0.4 is 20.1 Å². The Kier molecular flexibility index (Phi) is 13.3. The van der Waals surface area contributed by atoms with Crippen LogP contribution in [0.25, 0.3) is 0 Å². The van der Waals surface area contributed by atoms with Crippen molar-refractivity contribution in [3.63, 3.8) is 0 Å². The minimum absolute atomic E-state index is 0.0536. The normalized spacial score (nSPS) is 23.4. The lowest BCUT2D eigenvalue weighted by Crippen LogP contribution is -2.58. The Morgan fingerprint density at radius 1 is 0.708 bits per heavy atom. The number of halogens is 6. The molecule has 0 saturated heterocycles. The molecule has 340 valence electrons. The Balaban J connectivity index is 1.24. The van der Waals surface area contributed by atoms with Crippen LogP contribution in [0.1, 0.15) is 55.5 Å². The summed E-state index contributed by atoms with van der Waals surface area (Å²) >= 11 is 8.77. The Morgan fingerprint density at radius 2 is 1.17 bits per heavy atom. The highest BCUT2D eigenvalue weighted by Crippen LogP contribution is 2.58. The van der Waals surface area contributed by atoms with Crippen molar-refractivity contribution in [1.82, 2.24) is 19.9 Å². The molecule has 6 atom stereocenters. The summed E-state index contributed by atoms with van der Waals surface area (Å²) in [6.07, 6.45) is -4.70. The molecule has 0 radical (unpaired) electrons. The molecule has 0 spiro atoms. The number of pyridine rings is 2. The molecule has 2 fully saturated rings. The number of benzene rings is 2. The first-order valence-corrected chi connectivity index (χ1v) is 22.6. The summed E-state index contributed by atoms with van der Waals surface area (Å²) in [5, 5.41) is 33.7. The van der Waals surface area contributed by atoms with Gasteiger partial charge in [-0.3, -0.25) is 9.59 Å². The first-order valence-electron chi connectivity index (χ1n) is 20.5. The number of rotatable bonds is 15. The van der Waals surface area contributed by atoms with Gasteiger partial charge < -0.3 is 30.3 Å². The van der Waals surface area contributed by atoms with E-state index in [0.717, 1.165) is 12.1 Å². The number of nitrogens with zero attached hydrogens (tertiary/aromatic N) is 4. The molecular formula is C45H40ClF5N6O6S2. The van der Waals surface area contributed by atoms with Crippen LogP contribution in [-0.2, 0) is 28.6 Å². The van der Waals surface area contributed by atoms with E-state index >= 15 is 8.78 Å². The first-order chi connectivity index (χ1) is 31.1. The molecule has 8 rings (SSSR count). The van der Waals surface area contributed by atoms with Crippen molar-refractivity contribution in [3.8, 4) is 11.5 Å². The molecule has 2 unspecified atom stereocenters. The van der Waals surface area contributed by atoms with Gasteiger partial charge in [0.15, 0.2) is 33.4 Å². The van der Waals surface area contributed by atoms with Crippen LogP contribution in [0.2, 0.25) is 5.02 Å². The number of carboxylic acids is 2. The summed E-state index contributed by atoms with van der Waals surface area (Å²) in [6.45, 7) is 0. The van der Waals surface area contributed by atoms with E-state index in [4.69, 9.17) is 31.0 Å². The zero-order valence-corrected chi connectivity index (χ0v) is 36.5. The zero-order valence-electron chi connectivity index (χ0n) is 34.1. The molecule has 2 saturated carbocycles. The molecule has 4 aromatic heterocycles. The van der Waals surface area contributed by atoms with Gasteiger partial charge in [-0.2, -0.15) is 13.2 Å². The number of anilines is 4. The van der Waals surface area contributed by atoms with Crippen molar-refractivity contribution in [2.75, 3.05) is 10.6 Å². The lowest BCUT2D eigenvalue weighted by Gasteiger charge is -2.54. The lowest BCUT2D eigenvalue weighted by atomic mass is 9.50. The molecule has 0 amide bonds. The number of aliphatic carboxylic acids is 2. The maximum absolute atomic E-state index is 15.6. The van der Waals surface area contributed by atoms with Gasteiger partial charge in [0.25, 0.3) is 0 Å². The van der Waals surface area contributed by atoms with Crippen LogP contribution in [0.5, 0.6) is 11.5 Å². The minimum atomic E-state index is -5.03. The fourth-order valence-corrected chi connectivity index (χ4v) is 10.6. The number of alkyl halides is 3. The Bertz CT molecular complexity index is 2650. The Hall–Kier alpha value is -5.92. The summed E-state index contributed by atoms with van der Waals surface area (Å²) in [5.41, 5.74) is -4.37. The van der Waals surface area contributed by atoms with Gasteiger partial charge in [0.1, 0.15) is 11.6 Å². The van der Waals surface area contributed by atoms with E-state index in [-0.39, 0.29) is 62.1 Å². The van der Waals surface area contributed by atoms with E-state index in [0.29, 0.717) is 39.4 Å². The van der Waals surface area contributed by atoms with Gasteiger partial charge in [0, 0.05) is 47.4 Å². The molecule has 65 heavy (non-hydrogen) atoms. The molecule has 0 aliphatic heterocycles. The SMILES string of the molecule is O=C(O)[C@]1(Cc2cccc(Nc3nccs3)n2)CC[C@@H](Oc2cccc(Cl)c2F)CC1C1C[C@H](Oc2cccc(C(F)(F)F)c2F)CC[C@@]1(Cc1cccc(Nc2nccs2)n1)C(=O)O. The maximum Gasteiger partial charge on any atom is 0.419 e. The predicted molar refractivity (Wildman–Crippen MR) is 233 cm³/mol. The third kappa shape index (κ3) is 9.86. The number of ether oxygens (including phenoxy) is 2. The summed E-state index contributed by atoms with van der Waals surface area (Å²) in [6, 6.07) is 17.0. The number of hydrogen-bond acceptors (Lipinski definition) is 12. The van der Waals surface area contributed by atoms with Crippen molar-refractivity contribution in [1.29, 1.82) is 0 Å². The van der Waals surface area contributed by atoms with Crippen molar-refractivity contribution in [2.24, 2.45) is 22.7 Å². The van der Waals surface area contributed by atoms with Crippen molar-refractivity contribution in [3.05, 3.63) is 130 Å². The van der Waals surface area contributed by atoms with Gasteiger partial charge in [0.2, 0.25) is 0 Å². The average molecular weight is 955 g/mol. The molecule has 0 bridgehead atoms. The second-order valence-corrected chi connectivity index (χ2v) is 18.3. The number of thiazole rings is 2. The Morgan fingerprint density at radius 3 is 1.62 bits per heavy atom. The molecule has 12 nitrogen and oxygen atoms in total. The van der Waals surface area contributed by atoms with E-state index in [1.54, 1.807) is 59.6 Å². The average Bonchev–Trinajstić information content (AvgIpc) is 3.99. The standard InChI is InChI=1S/C45H40ClF5N6O6S2/c46-32-8-4-10-34(38(32)48)63-28-14-16-44(40(60)61,24-26-6-2-12-36(55-26)57-42-53-18-20-65-42)31(22-28)30-21-27(62-33-9-3-7-29(37(33)47)45(49,50)51)13-15-43(30,39(58)59)23-25-5-1-11-35(54-25)56-41-52-17-19-64-41/h1-12,17-20,27-28,30-31H,13-16,21-24H2,(H,58,59)(H,60,61)(H,52,54,56)(H,53,55,57)/t27-,28-,30?,31?,43+,44+/m1/s1. The predicted octanol–water partition coefficient (Wildman–Crippen LogP) is 11.2. The number of hydrogen-bond donors (Lipinski definition) is 4. The fraction of sp³-hybridized carbons (Fsp3) is 0.333. The van der Waals surface area contributed by atoms with Gasteiger partial charge >= 0.3 is 18.1 Å². The number of carbonyl (C=O) groups is 2. The van der Waals surface area contributed by atoms with E-state index in [9.17, 15) is 33.0 Å². The van der Waals surface area contributed by atoms with Crippen LogP contribution in [-0.4, -0.2) is 54.3 Å². The maximum atomic E-state index is 15.6. The molecule has 20 heteroatoms. The highest BCUT2D eigenvalue weighted by Gasteiger charge is 2.61. The number of nitrogens with one attached hydrogen (secondary N) is 2. The van der Waals surface area contributed by atoms with Gasteiger partial charge in [-0.25, -0.2) is 28.7 Å². The number of carboxylic acid groups (broad SMARTS) is 2. The fourth-order valence-electron chi connectivity index (χ4n) is 9.38. The van der Waals surface area contributed by atoms with E-state index < -0.39 is 75.9 Å². The second-order valence-electron chi connectivity index (χ2n) is 16.1. The zero-order chi connectivity index (χ0) is 45.9. The van der Waals surface area contributed by atoms with E-state index in [2.05, 4.69) is 20.6 Å². The lowest BCUT2D eigenvalue weighted by molar-refractivity contribution is -0.177. The molecular weight excluding hydrogens is 915 g/mol. The molecule has 2 aliphatic rings. The van der Waals surface area contributed by atoms with Gasteiger partial charge in [-0.15, -0.1) is 22.7 Å².